The zero-order valence-corrected chi connectivity index (χ0v) is 26.0. The van der Waals surface area contributed by atoms with Crippen molar-refractivity contribution in [2.75, 3.05) is 14.2 Å². The molecule has 0 aliphatic heterocycles. The van der Waals surface area contributed by atoms with Crippen LogP contribution in [0.3, 0.4) is 0 Å². The predicted molar refractivity (Wildman–Crippen MR) is 158 cm³/mol. The van der Waals surface area contributed by atoms with E-state index in [9.17, 15) is 14.4 Å². The summed E-state index contributed by atoms with van der Waals surface area (Å²) in [5.41, 5.74) is 1.10. The predicted octanol–water partition coefficient (Wildman–Crippen LogP) is 7.75. The zero-order valence-electron chi connectivity index (χ0n) is 26.0. The first kappa shape index (κ1) is 32.6. The van der Waals surface area contributed by atoms with Gasteiger partial charge in [0.2, 0.25) is 0 Å². The van der Waals surface area contributed by atoms with Crippen molar-refractivity contribution in [1.82, 2.24) is 0 Å². The molecule has 2 aromatic carbocycles. The molecule has 0 radical (unpaired) electrons. The third-order valence-corrected chi connectivity index (χ3v) is 6.20. The Hall–Kier alpha value is -3.61. The first-order valence-corrected chi connectivity index (χ1v) is 13.5. The molecule has 0 spiro atoms. The summed E-state index contributed by atoms with van der Waals surface area (Å²) in [6, 6.07) is 6.41. The summed E-state index contributed by atoms with van der Waals surface area (Å²) < 4.78 is 23.1. The van der Waals surface area contributed by atoms with Gasteiger partial charge < -0.3 is 18.9 Å². The van der Waals surface area contributed by atoms with Crippen LogP contribution in [0, 0.1) is 10.8 Å². The molecule has 0 saturated carbocycles. The first-order valence-electron chi connectivity index (χ1n) is 13.5. The van der Waals surface area contributed by atoms with Crippen LogP contribution in [0.5, 0.6) is 23.0 Å². The van der Waals surface area contributed by atoms with Gasteiger partial charge in [-0.15, -0.1) is 0 Å². The van der Waals surface area contributed by atoms with Gasteiger partial charge in [0.1, 0.15) is 23.0 Å². The lowest BCUT2D eigenvalue weighted by Crippen LogP contribution is -2.27. The van der Waals surface area contributed by atoms with Crippen LogP contribution in [0.25, 0.3) is 6.08 Å². The number of allylic oxidation sites excluding steroid dienone is 1. The molecule has 0 N–H and O–H groups in total. The van der Waals surface area contributed by atoms with Crippen molar-refractivity contribution < 1.29 is 33.3 Å². The molecule has 0 saturated heterocycles. The standard InChI is InChI=1S/C33H44O7/c1-19(2)25-27(37-11)23(28(38-12)26(20(3)4)29(25)40-31(36)33(8,9)10)17-18-24(34)21-13-15-22(16-14-21)39-30(35)32(5,6)7/h13-20H,1-12H3. The Labute approximate surface area is 238 Å². The van der Waals surface area contributed by atoms with E-state index >= 15 is 0 Å². The van der Waals surface area contributed by atoms with Gasteiger partial charge in [-0.05, 0) is 89.8 Å². The number of carbonyl (C=O) groups is 3. The minimum atomic E-state index is -0.714. The average molecular weight is 553 g/mol. The fraction of sp³-hybridized carbons (Fsp3) is 0.485. The molecule has 7 nitrogen and oxygen atoms in total. The second kappa shape index (κ2) is 12.7. The molecule has 0 aromatic heterocycles. The number of hydrogen-bond acceptors (Lipinski definition) is 7. The van der Waals surface area contributed by atoms with Crippen molar-refractivity contribution in [3.63, 3.8) is 0 Å². The summed E-state index contributed by atoms with van der Waals surface area (Å²) in [6.45, 7) is 18.7. The normalized spacial score (nSPS) is 12.2. The minimum Gasteiger partial charge on any atom is -0.496 e. The maximum atomic E-state index is 13.1. The van der Waals surface area contributed by atoms with Crippen LogP contribution in [-0.2, 0) is 9.59 Å². The third-order valence-electron chi connectivity index (χ3n) is 6.20. The Kier molecular flexibility index (Phi) is 10.4. The molecule has 0 heterocycles. The van der Waals surface area contributed by atoms with E-state index in [-0.39, 0.29) is 29.6 Å². The summed E-state index contributed by atoms with van der Waals surface area (Å²) in [4.78, 5) is 38.3. The van der Waals surface area contributed by atoms with Crippen molar-refractivity contribution >= 4 is 23.8 Å². The number of carbonyl (C=O) groups excluding carboxylic acids is 3. The zero-order chi connectivity index (χ0) is 30.6. The van der Waals surface area contributed by atoms with E-state index < -0.39 is 10.8 Å². The van der Waals surface area contributed by atoms with E-state index in [4.69, 9.17) is 18.9 Å². The molecule has 40 heavy (non-hydrogen) atoms. The smallest absolute Gasteiger partial charge is 0.316 e. The highest BCUT2D eigenvalue weighted by Crippen LogP contribution is 2.50. The summed E-state index contributed by atoms with van der Waals surface area (Å²) in [5, 5.41) is 0. The summed E-state index contributed by atoms with van der Waals surface area (Å²) >= 11 is 0. The molecule has 0 amide bonds. The Balaban J connectivity index is 2.61. The molecule has 0 aliphatic carbocycles. The van der Waals surface area contributed by atoms with Crippen molar-refractivity contribution in [3.8, 4) is 23.0 Å². The average Bonchev–Trinajstić information content (AvgIpc) is 2.85. The highest BCUT2D eigenvalue weighted by molar-refractivity contribution is 6.07. The molecule has 0 aliphatic rings. The van der Waals surface area contributed by atoms with E-state index in [1.165, 1.54) is 6.08 Å². The maximum absolute atomic E-state index is 13.1. The second-order valence-electron chi connectivity index (χ2n) is 12.4. The number of rotatable bonds is 9. The molecule has 218 valence electrons. The van der Waals surface area contributed by atoms with E-state index in [2.05, 4.69) is 0 Å². The maximum Gasteiger partial charge on any atom is 0.316 e. The van der Waals surface area contributed by atoms with E-state index in [1.54, 1.807) is 86.1 Å². The molecule has 0 unspecified atom stereocenters. The molecule has 0 atom stereocenters. The van der Waals surface area contributed by atoms with E-state index in [0.717, 1.165) is 11.1 Å². The highest BCUT2D eigenvalue weighted by atomic mass is 16.5. The number of esters is 2. The van der Waals surface area contributed by atoms with Crippen molar-refractivity contribution in [2.24, 2.45) is 10.8 Å². The van der Waals surface area contributed by atoms with Gasteiger partial charge in [0.15, 0.2) is 5.78 Å². The quantitative estimate of drug-likeness (QED) is 0.136. The fourth-order valence-electron chi connectivity index (χ4n) is 3.94. The first-order chi connectivity index (χ1) is 18.4. The molecule has 7 heteroatoms. The Morgan fingerprint density at radius 2 is 1.10 bits per heavy atom. The number of benzene rings is 2. The number of methoxy groups -OCH3 is 2. The Bertz CT molecular complexity index is 1230. The van der Waals surface area contributed by atoms with Crippen molar-refractivity contribution in [1.29, 1.82) is 0 Å². The van der Waals surface area contributed by atoms with Gasteiger partial charge in [0.25, 0.3) is 0 Å². The summed E-state index contributed by atoms with van der Waals surface area (Å²) in [7, 11) is 3.09. The lowest BCUT2D eigenvalue weighted by Gasteiger charge is -2.28. The monoisotopic (exact) mass is 552 g/mol. The fourth-order valence-corrected chi connectivity index (χ4v) is 3.94. The molecule has 0 fully saturated rings. The molecule has 2 rings (SSSR count). The van der Waals surface area contributed by atoms with Crippen LogP contribution in [0.1, 0.15) is 108 Å². The van der Waals surface area contributed by atoms with Crippen molar-refractivity contribution in [2.45, 2.75) is 81.1 Å². The number of hydrogen-bond donors (Lipinski definition) is 0. The summed E-state index contributed by atoms with van der Waals surface area (Å²) in [5.74, 6) is 0.648. The van der Waals surface area contributed by atoms with Crippen LogP contribution in [0.4, 0.5) is 0 Å². The van der Waals surface area contributed by atoms with Crippen LogP contribution < -0.4 is 18.9 Å². The third kappa shape index (κ3) is 7.52. The van der Waals surface area contributed by atoms with Gasteiger partial charge >= 0.3 is 11.9 Å². The molecule has 2 aromatic rings. The van der Waals surface area contributed by atoms with E-state index in [1.807, 2.05) is 27.7 Å². The number of ketones is 1. The largest absolute Gasteiger partial charge is 0.496 e. The van der Waals surface area contributed by atoms with Crippen LogP contribution in [0.15, 0.2) is 30.3 Å². The van der Waals surface area contributed by atoms with Gasteiger partial charge in [-0.3, -0.25) is 14.4 Å². The van der Waals surface area contributed by atoms with Crippen molar-refractivity contribution in [3.05, 3.63) is 52.6 Å². The van der Waals surface area contributed by atoms with Gasteiger partial charge in [0, 0.05) is 16.7 Å². The van der Waals surface area contributed by atoms with Gasteiger partial charge in [-0.25, -0.2) is 0 Å². The topological polar surface area (TPSA) is 88.1 Å². The Morgan fingerprint density at radius 3 is 1.48 bits per heavy atom. The SMILES string of the molecule is COc1c(C=CC(=O)c2ccc(OC(=O)C(C)(C)C)cc2)c(OC)c(C(C)C)c(OC(=O)C(C)(C)C)c1C(C)C. The van der Waals surface area contributed by atoms with Gasteiger partial charge in [-0.2, -0.15) is 0 Å². The van der Waals surface area contributed by atoms with E-state index in [0.29, 0.717) is 34.1 Å². The van der Waals surface area contributed by atoms with Crippen LogP contribution >= 0.6 is 0 Å². The van der Waals surface area contributed by atoms with Gasteiger partial charge in [-0.1, -0.05) is 27.7 Å². The number of ether oxygens (including phenoxy) is 4. The lowest BCUT2D eigenvalue weighted by molar-refractivity contribution is -0.143. The highest BCUT2D eigenvalue weighted by Gasteiger charge is 2.33. The van der Waals surface area contributed by atoms with Gasteiger partial charge in [0.05, 0.1) is 30.6 Å². The Morgan fingerprint density at radius 1 is 0.675 bits per heavy atom. The molecular weight excluding hydrogens is 508 g/mol. The van der Waals surface area contributed by atoms with Crippen LogP contribution in [-0.4, -0.2) is 31.9 Å². The molecule has 0 bridgehead atoms. The molecular formula is C33H44O7. The minimum absolute atomic E-state index is 0.0627. The second-order valence-corrected chi connectivity index (χ2v) is 12.4. The summed E-state index contributed by atoms with van der Waals surface area (Å²) in [6.07, 6.45) is 3.12. The lowest BCUT2D eigenvalue weighted by atomic mass is 9.88. The van der Waals surface area contributed by atoms with Crippen LogP contribution in [0.2, 0.25) is 0 Å².